The average molecular weight is 330 g/mol. The molecule has 0 saturated carbocycles. The summed E-state index contributed by atoms with van der Waals surface area (Å²) < 4.78 is 9.68. The van der Waals surface area contributed by atoms with Gasteiger partial charge in [-0.05, 0) is 54.7 Å². The number of rotatable bonds is 4. The predicted molar refractivity (Wildman–Crippen MR) is 89.9 cm³/mol. The first-order valence-electron chi connectivity index (χ1n) is 6.60. The number of methoxy groups -OCH3 is 1. The molecule has 1 aromatic heterocycles. The molecule has 0 bridgehead atoms. The zero-order chi connectivity index (χ0) is 16.7. The topological polar surface area (TPSA) is 80.6 Å². The highest BCUT2D eigenvalue weighted by molar-refractivity contribution is 7.80. The number of carbonyl (C=O) groups is 2. The van der Waals surface area contributed by atoms with Crippen LogP contribution in [0.4, 0.5) is 5.69 Å². The van der Waals surface area contributed by atoms with E-state index in [9.17, 15) is 9.59 Å². The van der Waals surface area contributed by atoms with Crippen LogP contribution in [0.3, 0.4) is 0 Å². The van der Waals surface area contributed by atoms with E-state index in [-0.39, 0.29) is 11.0 Å². The van der Waals surface area contributed by atoms with Gasteiger partial charge in [0.05, 0.1) is 18.9 Å². The first-order valence-corrected chi connectivity index (χ1v) is 7.01. The highest BCUT2D eigenvalue weighted by atomic mass is 32.1. The van der Waals surface area contributed by atoms with Crippen LogP contribution in [0.15, 0.2) is 53.2 Å². The Morgan fingerprint density at radius 3 is 2.57 bits per heavy atom. The van der Waals surface area contributed by atoms with Crippen LogP contribution in [-0.2, 0) is 9.53 Å². The lowest BCUT2D eigenvalue weighted by Gasteiger charge is -2.08. The Morgan fingerprint density at radius 2 is 1.96 bits per heavy atom. The van der Waals surface area contributed by atoms with Crippen molar-refractivity contribution in [2.24, 2.45) is 0 Å². The van der Waals surface area contributed by atoms with Crippen molar-refractivity contribution in [3.05, 3.63) is 60.1 Å². The summed E-state index contributed by atoms with van der Waals surface area (Å²) in [6, 6.07) is 9.95. The number of benzene rings is 1. The molecule has 0 unspecified atom stereocenters. The van der Waals surface area contributed by atoms with E-state index in [0.29, 0.717) is 17.0 Å². The van der Waals surface area contributed by atoms with E-state index in [1.165, 1.54) is 25.5 Å². The van der Waals surface area contributed by atoms with Crippen molar-refractivity contribution in [2.75, 3.05) is 12.4 Å². The van der Waals surface area contributed by atoms with Crippen molar-refractivity contribution in [3.63, 3.8) is 0 Å². The smallest absolute Gasteiger partial charge is 0.337 e. The van der Waals surface area contributed by atoms with Gasteiger partial charge in [-0.2, -0.15) is 0 Å². The largest absolute Gasteiger partial charge is 0.465 e. The Hall–Kier alpha value is -2.93. The van der Waals surface area contributed by atoms with Crippen molar-refractivity contribution >= 4 is 41.0 Å². The van der Waals surface area contributed by atoms with Gasteiger partial charge in [0.1, 0.15) is 5.76 Å². The Kier molecular flexibility index (Phi) is 5.65. The molecule has 23 heavy (non-hydrogen) atoms. The quantitative estimate of drug-likeness (QED) is 0.509. The van der Waals surface area contributed by atoms with E-state index in [0.717, 1.165) is 0 Å². The molecule has 1 amide bonds. The molecule has 0 saturated heterocycles. The van der Waals surface area contributed by atoms with Gasteiger partial charge in [0.25, 0.3) is 0 Å². The monoisotopic (exact) mass is 330 g/mol. The lowest BCUT2D eigenvalue weighted by Crippen LogP contribution is -2.32. The molecule has 0 spiro atoms. The van der Waals surface area contributed by atoms with Gasteiger partial charge in [0, 0.05) is 11.8 Å². The van der Waals surface area contributed by atoms with Gasteiger partial charge in [-0.25, -0.2) is 4.79 Å². The number of amides is 1. The highest BCUT2D eigenvalue weighted by Gasteiger charge is 2.06. The van der Waals surface area contributed by atoms with Crippen LogP contribution < -0.4 is 10.6 Å². The molecular formula is C16H14N2O4S. The number of hydrogen-bond acceptors (Lipinski definition) is 5. The molecule has 0 fully saturated rings. The number of ether oxygens (including phenoxy) is 1. The molecule has 1 heterocycles. The minimum Gasteiger partial charge on any atom is -0.465 e. The van der Waals surface area contributed by atoms with Crippen molar-refractivity contribution < 1.29 is 18.7 Å². The second kappa shape index (κ2) is 7.90. The number of hydrogen-bond donors (Lipinski definition) is 2. The van der Waals surface area contributed by atoms with Crippen LogP contribution in [0, 0.1) is 0 Å². The van der Waals surface area contributed by atoms with E-state index in [1.807, 2.05) is 0 Å². The summed E-state index contributed by atoms with van der Waals surface area (Å²) in [4.78, 5) is 23.0. The van der Waals surface area contributed by atoms with Gasteiger partial charge < -0.3 is 14.5 Å². The zero-order valence-corrected chi connectivity index (χ0v) is 13.1. The molecule has 1 aromatic carbocycles. The van der Waals surface area contributed by atoms with Gasteiger partial charge in [-0.1, -0.05) is 0 Å². The van der Waals surface area contributed by atoms with Gasteiger partial charge >= 0.3 is 5.97 Å². The van der Waals surface area contributed by atoms with E-state index in [4.69, 9.17) is 16.6 Å². The third-order valence-electron chi connectivity index (χ3n) is 2.74. The zero-order valence-electron chi connectivity index (χ0n) is 12.2. The first kappa shape index (κ1) is 16.4. The summed E-state index contributed by atoms with van der Waals surface area (Å²) in [5.74, 6) is -0.238. The van der Waals surface area contributed by atoms with Crippen LogP contribution in [0.5, 0.6) is 0 Å². The normalized spacial score (nSPS) is 10.3. The van der Waals surface area contributed by atoms with Crippen LogP contribution in [-0.4, -0.2) is 24.1 Å². The molecule has 6 nitrogen and oxygen atoms in total. The summed E-state index contributed by atoms with van der Waals surface area (Å²) in [5.41, 5.74) is 1.06. The van der Waals surface area contributed by atoms with Gasteiger partial charge in [-0.3, -0.25) is 10.1 Å². The Balaban J connectivity index is 1.86. The summed E-state index contributed by atoms with van der Waals surface area (Å²) in [6.45, 7) is 0. The fourth-order valence-electron chi connectivity index (χ4n) is 1.67. The number of furan rings is 1. The van der Waals surface area contributed by atoms with Crippen LogP contribution >= 0.6 is 12.2 Å². The van der Waals surface area contributed by atoms with Gasteiger partial charge in [0.15, 0.2) is 5.11 Å². The fourth-order valence-corrected chi connectivity index (χ4v) is 1.89. The first-order chi connectivity index (χ1) is 11.1. The molecule has 0 aliphatic rings. The molecule has 0 aliphatic heterocycles. The van der Waals surface area contributed by atoms with Crippen LogP contribution in [0.2, 0.25) is 0 Å². The molecule has 118 valence electrons. The third-order valence-corrected chi connectivity index (χ3v) is 2.95. The summed E-state index contributed by atoms with van der Waals surface area (Å²) >= 11 is 5.04. The number of thiocarbonyl (C=S) groups is 1. The van der Waals surface area contributed by atoms with Gasteiger partial charge in [0.2, 0.25) is 5.91 Å². The van der Waals surface area contributed by atoms with E-state index in [1.54, 1.807) is 36.4 Å². The Labute approximate surface area is 138 Å². The van der Waals surface area contributed by atoms with E-state index < -0.39 is 5.97 Å². The summed E-state index contributed by atoms with van der Waals surface area (Å²) in [7, 11) is 1.31. The lowest BCUT2D eigenvalue weighted by molar-refractivity contribution is -0.115. The maximum atomic E-state index is 11.7. The molecular weight excluding hydrogens is 316 g/mol. The minimum absolute atomic E-state index is 0.143. The molecule has 2 N–H and O–H groups in total. The Bertz CT molecular complexity index is 721. The lowest BCUT2D eigenvalue weighted by atomic mass is 10.2. The minimum atomic E-state index is -0.421. The maximum absolute atomic E-state index is 11.7. The maximum Gasteiger partial charge on any atom is 0.337 e. The molecule has 0 aliphatic carbocycles. The number of anilines is 1. The second-order valence-corrected chi connectivity index (χ2v) is 4.77. The van der Waals surface area contributed by atoms with Crippen molar-refractivity contribution in [2.45, 2.75) is 0 Å². The number of esters is 1. The van der Waals surface area contributed by atoms with Crippen molar-refractivity contribution in [3.8, 4) is 0 Å². The third kappa shape index (κ3) is 5.08. The number of nitrogens with one attached hydrogen (secondary N) is 2. The highest BCUT2D eigenvalue weighted by Crippen LogP contribution is 2.10. The van der Waals surface area contributed by atoms with E-state index >= 15 is 0 Å². The van der Waals surface area contributed by atoms with Gasteiger partial charge in [-0.15, -0.1) is 0 Å². The second-order valence-electron chi connectivity index (χ2n) is 4.36. The predicted octanol–water partition coefficient (Wildman–Crippen LogP) is 2.59. The molecule has 2 aromatic rings. The number of carbonyl (C=O) groups excluding carboxylic acids is 2. The van der Waals surface area contributed by atoms with Crippen LogP contribution in [0.1, 0.15) is 16.1 Å². The Morgan fingerprint density at radius 1 is 1.22 bits per heavy atom. The summed E-state index contributed by atoms with van der Waals surface area (Å²) in [5, 5.41) is 5.48. The van der Waals surface area contributed by atoms with Crippen molar-refractivity contribution in [1.29, 1.82) is 0 Å². The standard InChI is InChI=1S/C16H14N2O4S/c1-21-15(20)11-4-6-12(7-5-11)17-16(23)18-14(19)9-8-13-3-2-10-22-13/h2-10H,1H3,(H2,17,18,19,23). The molecule has 0 atom stereocenters. The SMILES string of the molecule is COC(=O)c1ccc(NC(=S)NC(=O)C=Cc2ccco2)cc1. The van der Waals surface area contributed by atoms with E-state index in [2.05, 4.69) is 15.4 Å². The molecule has 0 radical (unpaired) electrons. The summed E-state index contributed by atoms with van der Waals surface area (Å²) in [6.07, 6.45) is 4.36. The molecule has 7 heteroatoms. The fraction of sp³-hybridized carbons (Fsp3) is 0.0625. The average Bonchev–Trinajstić information content (AvgIpc) is 3.06. The van der Waals surface area contributed by atoms with Crippen LogP contribution in [0.25, 0.3) is 6.08 Å². The molecule has 2 rings (SSSR count). The van der Waals surface area contributed by atoms with Crippen molar-refractivity contribution in [1.82, 2.24) is 5.32 Å².